The van der Waals surface area contributed by atoms with Gasteiger partial charge in [-0.3, -0.25) is 10.1 Å². The minimum atomic E-state index is -1.11. The number of hydrogen-bond acceptors (Lipinski definition) is 5. The molecule has 1 aromatic rings. The number of ether oxygens (including phenoxy) is 2. The summed E-state index contributed by atoms with van der Waals surface area (Å²) in [7, 11) is 0. The van der Waals surface area contributed by atoms with Gasteiger partial charge >= 0.3 is 12.0 Å². The van der Waals surface area contributed by atoms with E-state index < -0.39 is 29.6 Å². The van der Waals surface area contributed by atoms with Crippen molar-refractivity contribution in [2.75, 3.05) is 6.61 Å². The van der Waals surface area contributed by atoms with E-state index in [9.17, 15) is 14.4 Å². The van der Waals surface area contributed by atoms with Crippen molar-refractivity contribution in [3.63, 3.8) is 0 Å². The lowest BCUT2D eigenvalue weighted by atomic mass is 9.98. The highest BCUT2D eigenvalue weighted by molar-refractivity contribution is 5.97. The van der Waals surface area contributed by atoms with Gasteiger partial charge < -0.3 is 14.8 Å². The smallest absolute Gasteiger partial charge is 0.344 e. The normalized spacial score (nSPS) is 12.3. The van der Waals surface area contributed by atoms with E-state index in [0.29, 0.717) is 11.7 Å². The van der Waals surface area contributed by atoms with Crippen molar-refractivity contribution < 1.29 is 23.9 Å². The Morgan fingerprint density at radius 2 is 1.74 bits per heavy atom. The quantitative estimate of drug-likeness (QED) is 0.742. The fraction of sp³-hybridized carbons (Fsp3) is 0.550. The summed E-state index contributed by atoms with van der Waals surface area (Å²) in [5.41, 5.74) is 1.80. The molecule has 0 saturated carbocycles. The van der Waals surface area contributed by atoms with Crippen LogP contribution in [0.5, 0.6) is 5.75 Å². The van der Waals surface area contributed by atoms with Gasteiger partial charge in [0.15, 0.2) is 12.7 Å². The lowest BCUT2D eigenvalue weighted by Crippen LogP contribution is -2.50. The Kier molecular flexibility index (Phi) is 7.82. The molecule has 0 saturated heterocycles. The number of benzene rings is 1. The Bertz CT molecular complexity index is 692. The molecule has 150 valence electrons. The molecule has 1 aromatic carbocycles. The molecule has 7 nitrogen and oxygen atoms in total. The van der Waals surface area contributed by atoms with Crippen LogP contribution < -0.4 is 15.4 Å². The molecule has 1 rings (SSSR count). The molecular formula is C20H30N2O5. The Hall–Kier alpha value is -2.57. The van der Waals surface area contributed by atoms with Crippen LogP contribution in [-0.4, -0.2) is 36.2 Å². The van der Waals surface area contributed by atoms with Gasteiger partial charge in [-0.1, -0.05) is 19.9 Å². The fourth-order valence-corrected chi connectivity index (χ4v) is 2.40. The third-order valence-corrected chi connectivity index (χ3v) is 3.62. The maximum atomic E-state index is 11.9. The molecule has 3 amide bonds. The predicted molar refractivity (Wildman–Crippen MR) is 103 cm³/mol. The highest BCUT2D eigenvalue weighted by atomic mass is 16.6. The second kappa shape index (κ2) is 9.39. The second-order valence-corrected chi connectivity index (χ2v) is 7.79. The van der Waals surface area contributed by atoms with Crippen LogP contribution in [0.4, 0.5) is 4.79 Å². The van der Waals surface area contributed by atoms with Crippen molar-refractivity contribution in [2.24, 2.45) is 0 Å². The van der Waals surface area contributed by atoms with Gasteiger partial charge in [-0.2, -0.15) is 0 Å². The number of aryl methyl sites for hydroxylation is 1. The van der Waals surface area contributed by atoms with E-state index in [1.165, 1.54) is 12.5 Å². The number of amides is 3. The third-order valence-electron chi connectivity index (χ3n) is 3.62. The molecule has 0 radical (unpaired) electrons. The van der Waals surface area contributed by atoms with Crippen LogP contribution in [0, 0.1) is 6.92 Å². The summed E-state index contributed by atoms with van der Waals surface area (Å²) >= 11 is 0. The fourth-order valence-electron chi connectivity index (χ4n) is 2.40. The topological polar surface area (TPSA) is 93.7 Å². The summed E-state index contributed by atoms with van der Waals surface area (Å²) in [5.74, 6) is -0.448. The maximum Gasteiger partial charge on any atom is 0.344 e. The molecule has 0 aromatic heterocycles. The number of hydrogen-bond donors (Lipinski definition) is 2. The van der Waals surface area contributed by atoms with Gasteiger partial charge in [0.2, 0.25) is 0 Å². The Labute approximate surface area is 160 Å². The lowest BCUT2D eigenvalue weighted by Gasteiger charge is -2.21. The number of esters is 1. The van der Waals surface area contributed by atoms with Crippen LogP contribution in [0.1, 0.15) is 58.6 Å². The van der Waals surface area contributed by atoms with E-state index >= 15 is 0 Å². The summed E-state index contributed by atoms with van der Waals surface area (Å²) in [5, 5.41) is 4.72. The molecule has 0 bridgehead atoms. The Morgan fingerprint density at radius 3 is 2.26 bits per heavy atom. The molecule has 0 aliphatic carbocycles. The van der Waals surface area contributed by atoms with Gasteiger partial charge in [-0.25, -0.2) is 9.59 Å². The molecular weight excluding hydrogens is 348 g/mol. The molecule has 0 spiro atoms. The van der Waals surface area contributed by atoms with Gasteiger partial charge in [0, 0.05) is 5.54 Å². The summed E-state index contributed by atoms with van der Waals surface area (Å²) in [6.45, 7) is 12.6. The van der Waals surface area contributed by atoms with Crippen molar-refractivity contribution >= 4 is 17.9 Å². The number of rotatable bonds is 6. The minimum Gasteiger partial charge on any atom is -0.482 e. The van der Waals surface area contributed by atoms with Crippen LogP contribution in [0.15, 0.2) is 18.2 Å². The highest BCUT2D eigenvalue weighted by Crippen LogP contribution is 2.23. The van der Waals surface area contributed by atoms with Crippen molar-refractivity contribution in [1.29, 1.82) is 0 Å². The van der Waals surface area contributed by atoms with E-state index in [0.717, 1.165) is 5.56 Å². The molecule has 27 heavy (non-hydrogen) atoms. The molecule has 1 atom stereocenters. The molecule has 0 aliphatic heterocycles. The highest BCUT2D eigenvalue weighted by Gasteiger charge is 2.22. The van der Waals surface area contributed by atoms with E-state index in [1.807, 2.05) is 19.1 Å². The van der Waals surface area contributed by atoms with Crippen molar-refractivity contribution in [3.8, 4) is 5.75 Å². The van der Waals surface area contributed by atoms with Gasteiger partial charge in [0.1, 0.15) is 5.75 Å². The molecule has 0 heterocycles. The first-order chi connectivity index (χ1) is 12.4. The maximum absolute atomic E-state index is 11.9. The first-order valence-electron chi connectivity index (χ1n) is 8.95. The second-order valence-electron chi connectivity index (χ2n) is 7.79. The average molecular weight is 378 g/mol. The zero-order valence-electron chi connectivity index (χ0n) is 17.1. The zero-order chi connectivity index (χ0) is 20.8. The van der Waals surface area contributed by atoms with E-state index in [1.54, 1.807) is 26.8 Å². The first-order valence-corrected chi connectivity index (χ1v) is 8.95. The third kappa shape index (κ3) is 8.11. The Morgan fingerprint density at radius 1 is 1.11 bits per heavy atom. The first kappa shape index (κ1) is 22.5. The van der Waals surface area contributed by atoms with Gasteiger partial charge in [0.05, 0.1) is 0 Å². The van der Waals surface area contributed by atoms with E-state index in [-0.39, 0.29) is 6.61 Å². The van der Waals surface area contributed by atoms with Crippen LogP contribution in [0.3, 0.4) is 0 Å². The largest absolute Gasteiger partial charge is 0.482 e. The Balaban J connectivity index is 2.48. The van der Waals surface area contributed by atoms with Crippen LogP contribution in [0.2, 0.25) is 0 Å². The monoisotopic (exact) mass is 378 g/mol. The van der Waals surface area contributed by atoms with Crippen molar-refractivity contribution in [3.05, 3.63) is 29.3 Å². The van der Waals surface area contributed by atoms with Gasteiger partial charge in [-0.15, -0.1) is 0 Å². The number of carbonyl (C=O) groups excluding carboxylic acids is 3. The molecule has 2 N–H and O–H groups in total. The predicted octanol–water partition coefficient (Wildman–Crippen LogP) is 3.05. The van der Waals surface area contributed by atoms with Crippen LogP contribution >= 0.6 is 0 Å². The summed E-state index contributed by atoms with van der Waals surface area (Å²) in [4.78, 5) is 35.5. The summed E-state index contributed by atoms with van der Waals surface area (Å²) in [6.07, 6.45) is -1.11. The van der Waals surface area contributed by atoms with Crippen LogP contribution in [-0.2, 0) is 14.3 Å². The average Bonchev–Trinajstić information content (AvgIpc) is 2.50. The van der Waals surface area contributed by atoms with E-state index in [2.05, 4.69) is 24.5 Å². The summed E-state index contributed by atoms with van der Waals surface area (Å²) < 4.78 is 10.4. The van der Waals surface area contributed by atoms with Crippen molar-refractivity contribution in [2.45, 2.75) is 66.0 Å². The summed E-state index contributed by atoms with van der Waals surface area (Å²) in [6, 6.07) is 4.97. The number of carbonyl (C=O) groups is 3. The number of nitrogens with one attached hydrogen (secondary N) is 2. The SMILES string of the molecule is Cc1cc(OCC(=O)O[C@@H](C)C(=O)NC(=O)NC(C)(C)C)ccc1C(C)C. The zero-order valence-corrected chi connectivity index (χ0v) is 17.1. The molecule has 0 unspecified atom stereocenters. The van der Waals surface area contributed by atoms with Crippen molar-refractivity contribution in [1.82, 2.24) is 10.6 Å². The lowest BCUT2D eigenvalue weighted by molar-refractivity contribution is -0.156. The standard InChI is InChI=1S/C20H30N2O5/c1-12(2)16-9-8-15(10-13(16)3)26-11-17(23)27-14(4)18(24)21-19(25)22-20(5,6)7/h8-10,12,14H,11H2,1-7H3,(H2,21,22,24,25)/t14-/m0/s1. The number of imide groups is 1. The van der Waals surface area contributed by atoms with E-state index in [4.69, 9.17) is 9.47 Å². The van der Waals surface area contributed by atoms with Gasteiger partial charge in [-0.05, 0) is 63.8 Å². The molecule has 7 heteroatoms. The number of urea groups is 1. The van der Waals surface area contributed by atoms with Crippen LogP contribution in [0.25, 0.3) is 0 Å². The molecule has 0 fully saturated rings. The van der Waals surface area contributed by atoms with Gasteiger partial charge in [0.25, 0.3) is 5.91 Å². The molecule has 0 aliphatic rings. The minimum absolute atomic E-state index is 0.327.